The Balaban J connectivity index is 3.14. The van der Waals surface area contributed by atoms with Crippen LogP contribution in [0.5, 0.6) is 0 Å². The number of hydrogen-bond acceptors (Lipinski definition) is 3. The summed E-state index contributed by atoms with van der Waals surface area (Å²) in [6.07, 6.45) is 0. The number of thiol groups is 1. The standard InChI is InChI=1S/C8H11NOS2/c1-2-12(9,10)8-5-3-7(11)4-6-8/h3-6,9,11H,2H2,1H3. The summed E-state index contributed by atoms with van der Waals surface area (Å²) < 4.78 is 19.0. The third kappa shape index (κ3) is 2.01. The van der Waals surface area contributed by atoms with Gasteiger partial charge < -0.3 is 0 Å². The van der Waals surface area contributed by atoms with Crippen LogP contribution in [-0.4, -0.2) is 9.96 Å². The van der Waals surface area contributed by atoms with Crippen LogP contribution < -0.4 is 0 Å². The molecule has 1 aromatic carbocycles. The maximum atomic E-state index is 11.5. The van der Waals surface area contributed by atoms with E-state index in [0.717, 1.165) is 4.90 Å². The molecule has 66 valence electrons. The quantitative estimate of drug-likeness (QED) is 0.709. The molecule has 0 aliphatic rings. The van der Waals surface area contributed by atoms with E-state index in [-0.39, 0.29) is 0 Å². The molecule has 0 bridgehead atoms. The first kappa shape index (κ1) is 9.61. The Bertz CT molecular complexity index is 353. The highest BCUT2D eigenvalue weighted by atomic mass is 32.2. The molecule has 0 saturated carbocycles. The SMILES string of the molecule is CCS(=N)(=O)c1ccc(S)cc1. The molecular weight excluding hydrogens is 190 g/mol. The summed E-state index contributed by atoms with van der Waals surface area (Å²) in [5.41, 5.74) is 0. The van der Waals surface area contributed by atoms with Gasteiger partial charge in [-0.3, -0.25) is 0 Å². The van der Waals surface area contributed by atoms with Gasteiger partial charge in [0.1, 0.15) is 0 Å². The molecule has 1 unspecified atom stereocenters. The van der Waals surface area contributed by atoms with Crippen molar-refractivity contribution < 1.29 is 4.21 Å². The Morgan fingerprint density at radius 1 is 1.42 bits per heavy atom. The zero-order valence-electron chi connectivity index (χ0n) is 6.78. The van der Waals surface area contributed by atoms with Crippen LogP contribution in [-0.2, 0) is 9.73 Å². The van der Waals surface area contributed by atoms with Crippen LogP contribution in [0.1, 0.15) is 6.92 Å². The Hall–Kier alpha value is -0.480. The first-order chi connectivity index (χ1) is 5.56. The van der Waals surface area contributed by atoms with Gasteiger partial charge in [-0.25, -0.2) is 8.99 Å². The average Bonchev–Trinajstić information content (AvgIpc) is 2.05. The zero-order valence-corrected chi connectivity index (χ0v) is 8.49. The molecule has 1 rings (SSSR count). The second-order valence-electron chi connectivity index (χ2n) is 2.46. The molecule has 1 N–H and O–H groups in total. The molecule has 0 aliphatic heterocycles. The largest absolute Gasteiger partial charge is 0.249 e. The second-order valence-corrected chi connectivity index (χ2v) is 5.37. The predicted molar refractivity (Wildman–Crippen MR) is 53.4 cm³/mol. The van der Waals surface area contributed by atoms with Gasteiger partial charge in [0.15, 0.2) is 0 Å². The van der Waals surface area contributed by atoms with E-state index in [1.165, 1.54) is 0 Å². The summed E-state index contributed by atoms with van der Waals surface area (Å²) in [5.74, 6) is 0.360. The zero-order chi connectivity index (χ0) is 9.19. The van der Waals surface area contributed by atoms with E-state index >= 15 is 0 Å². The van der Waals surface area contributed by atoms with Crippen molar-refractivity contribution in [2.75, 3.05) is 5.75 Å². The molecule has 0 aromatic heterocycles. The van der Waals surface area contributed by atoms with Gasteiger partial charge in [0, 0.05) is 15.5 Å². The van der Waals surface area contributed by atoms with Crippen molar-refractivity contribution in [2.24, 2.45) is 0 Å². The van der Waals surface area contributed by atoms with E-state index in [0.29, 0.717) is 10.6 Å². The van der Waals surface area contributed by atoms with Crippen LogP contribution in [0, 0.1) is 4.78 Å². The normalized spacial score (nSPS) is 15.5. The molecule has 0 saturated heterocycles. The van der Waals surface area contributed by atoms with Gasteiger partial charge in [-0.1, -0.05) is 6.92 Å². The predicted octanol–water partition coefficient (Wildman–Crippen LogP) is 2.40. The van der Waals surface area contributed by atoms with Crippen LogP contribution in [0.15, 0.2) is 34.1 Å². The van der Waals surface area contributed by atoms with Crippen molar-refractivity contribution in [2.45, 2.75) is 16.7 Å². The molecule has 2 nitrogen and oxygen atoms in total. The monoisotopic (exact) mass is 201 g/mol. The van der Waals surface area contributed by atoms with Gasteiger partial charge in [0.2, 0.25) is 0 Å². The van der Waals surface area contributed by atoms with Crippen LogP contribution >= 0.6 is 12.6 Å². The van der Waals surface area contributed by atoms with E-state index in [2.05, 4.69) is 12.6 Å². The average molecular weight is 201 g/mol. The molecule has 0 fully saturated rings. The summed E-state index contributed by atoms with van der Waals surface area (Å²) in [6.45, 7) is 1.75. The molecule has 12 heavy (non-hydrogen) atoms. The molecule has 0 radical (unpaired) electrons. The number of nitrogens with one attached hydrogen (secondary N) is 1. The lowest BCUT2D eigenvalue weighted by molar-refractivity contribution is 0.675. The summed E-state index contributed by atoms with van der Waals surface area (Å²) in [7, 11) is -2.55. The van der Waals surface area contributed by atoms with Gasteiger partial charge >= 0.3 is 0 Å². The van der Waals surface area contributed by atoms with Crippen molar-refractivity contribution >= 4 is 22.4 Å². The lowest BCUT2D eigenvalue weighted by Crippen LogP contribution is -2.00. The van der Waals surface area contributed by atoms with Crippen LogP contribution in [0.25, 0.3) is 0 Å². The summed E-state index contributed by atoms with van der Waals surface area (Å²) in [6, 6.07) is 6.90. The molecule has 0 spiro atoms. The maximum absolute atomic E-state index is 11.5. The fourth-order valence-corrected chi connectivity index (χ4v) is 1.89. The van der Waals surface area contributed by atoms with E-state index in [4.69, 9.17) is 4.78 Å². The summed E-state index contributed by atoms with van der Waals surface area (Å²) in [4.78, 5) is 1.41. The Kier molecular flexibility index (Phi) is 2.80. The first-order valence-electron chi connectivity index (χ1n) is 3.62. The maximum Gasteiger partial charge on any atom is 0.0723 e. The van der Waals surface area contributed by atoms with E-state index < -0.39 is 9.73 Å². The van der Waals surface area contributed by atoms with E-state index in [1.54, 1.807) is 31.2 Å². The molecule has 0 amide bonds. The minimum atomic E-state index is -2.55. The van der Waals surface area contributed by atoms with E-state index in [9.17, 15) is 4.21 Å². The molecule has 1 aromatic rings. The number of hydrogen-bond donors (Lipinski definition) is 2. The fraction of sp³-hybridized carbons (Fsp3) is 0.250. The van der Waals surface area contributed by atoms with Gasteiger partial charge in [-0.2, -0.15) is 0 Å². The topological polar surface area (TPSA) is 40.9 Å². The van der Waals surface area contributed by atoms with Crippen LogP contribution in [0.2, 0.25) is 0 Å². The van der Waals surface area contributed by atoms with Gasteiger partial charge in [-0.05, 0) is 24.3 Å². The van der Waals surface area contributed by atoms with Crippen molar-refractivity contribution in [1.82, 2.24) is 0 Å². The summed E-state index contributed by atoms with van der Waals surface area (Å²) >= 11 is 4.10. The Morgan fingerprint density at radius 3 is 2.33 bits per heavy atom. The van der Waals surface area contributed by atoms with Gasteiger partial charge in [-0.15, -0.1) is 12.6 Å². The molecule has 0 aliphatic carbocycles. The lowest BCUT2D eigenvalue weighted by Gasteiger charge is -2.03. The lowest BCUT2D eigenvalue weighted by atomic mass is 10.4. The molecule has 1 atom stereocenters. The minimum Gasteiger partial charge on any atom is -0.249 e. The smallest absolute Gasteiger partial charge is 0.0723 e. The van der Waals surface area contributed by atoms with Gasteiger partial charge in [0.05, 0.1) is 9.73 Å². The number of benzene rings is 1. The number of rotatable bonds is 2. The second kappa shape index (κ2) is 3.49. The van der Waals surface area contributed by atoms with Crippen LogP contribution in [0.4, 0.5) is 0 Å². The fourth-order valence-electron chi connectivity index (χ4n) is 0.833. The third-order valence-electron chi connectivity index (χ3n) is 1.62. The highest BCUT2D eigenvalue weighted by molar-refractivity contribution is 7.92. The first-order valence-corrected chi connectivity index (χ1v) is 5.79. The highest BCUT2D eigenvalue weighted by Crippen LogP contribution is 2.14. The molecule has 0 heterocycles. The van der Waals surface area contributed by atoms with E-state index in [1.807, 2.05) is 0 Å². The third-order valence-corrected chi connectivity index (χ3v) is 3.77. The van der Waals surface area contributed by atoms with Crippen molar-refractivity contribution in [3.63, 3.8) is 0 Å². The Morgan fingerprint density at radius 2 is 1.92 bits per heavy atom. The van der Waals surface area contributed by atoms with Crippen LogP contribution in [0.3, 0.4) is 0 Å². The Labute approximate surface area is 78.4 Å². The van der Waals surface area contributed by atoms with Crippen molar-refractivity contribution in [3.8, 4) is 0 Å². The van der Waals surface area contributed by atoms with Crippen molar-refractivity contribution in [3.05, 3.63) is 24.3 Å². The van der Waals surface area contributed by atoms with Gasteiger partial charge in [0.25, 0.3) is 0 Å². The minimum absolute atomic E-state index is 0.360. The van der Waals surface area contributed by atoms with Crippen molar-refractivity contribution in [1.29, 1.82) is 4.78 Å². The molecular formula is C8H11NOS2. The summed E-state index contributed by atoms with van der Waals surface area (Å²) in [5, 5.41) is 0. The highest BCUT2D eigenvalue weighted by Gasteiger charge is 2.05. The molecule has 4 heteroatoms.